The molecule has 1 atom stereocenters. The maximum atomic E-state index is 4.23. The van der Waals surface area contributed by atoms with Crippen LogP contribution in [0.1, 0.15) is 25.1 Å². The van der Waals surface area contributed by atoms with E-state index in [0.29, 0.717) is 6.04 Å². The number of aromatic amines is 1. The highest BCUT2D eigenvalue weighted by atomic mass is 15.2. The molecular weight excluding hydrogens is 200 g/mol. The standard InChI is InChI=1S/C12H20N4/c1-2-11(1)16-8-4-10(9-16)13-5-3-12-14-6-7-15-12/h6-7,10-11,13H,1-5,8-9H2,(H,14,15). The molecule has 4 heteroatoms. The number of aromatic nitrogens is 2. The van der Waals surface area contributed by atoms with Gasteiger partial charge in [0.05, 0.1) is 0 Å². The molecule has 0 spiro atoms. The van der Waals surface area contributed by atoms with Gasteiger partial charge in [0, 0.05) is 50.5 Å². The number of imidazole rings is 1. The molecule has 1 aliphatic carbocycles. The fraction of sp³-hybridized carbons (Fsp3) is 0.750. The van der Waals surface area contributed by atoms with Gasteiger partial charge in [0.25, 0.3) is 0 Å². The van der Waals surface area contributed by atoms with Crippen LogP contribution in [0.4, 0.5) is 0 Å². The fourth-order valence-electron chi connectivity index (χ4n) is 2.55. The van der Waals surface area contributed by atoms with E-state index in [2.05, 4.69) is 20.2 Å². The van der Waals surface area contributed by atoms with Gasteiger partial charge >= 0.3 is 0 Å². The van der Waals surface area contributed by atoms with E-state index >= 15 is 0 Å². The van der Waals surface area contributed by atoms with Crippen molar-refractivity contribution in [2.24, 2.45) is 0 Å². The van der Waals surface area contributed by atoms with Gasteiger partial charge in [0.2, 0.25) is 0 Å². The van der Waals surface area contributed by atoms with E-state index in [9.17, 15) is 0 Å². The molecule has 2 N–H and O–H groups in total. The minimum Gasteiger partial charge on any atom is -0.349 e. The Morgan fingerprint density at radius 3 is 3.12 bits per heavy atom. The van der Waals surface area contributed by atoms with Crippen molar-refractivity contribution in [3.05, 3.63) is 18.2 Å². The second-order valence-electron chi connectivity index (χ2n) is 4.95. The lowest BCUT2D eigenvalue weighted by molar-refractivity contribution is 0.318. The highest BCUT2D eigenvalue weighted by Crippen LogP contribution is 2.29. The van der Waals surface area contributed by atoms with E-state index in [1.807, 2.05) is 12.4 Å². The van der Waals surface area contributed by atoms with Gasteiger partial charge in [0.1, 0.15) is 5.82 Å². The molecule has 1 aliphatic heterocycles. The molecule has 1 unspecified atom stereocenters. The normalized spacial score (nSPS) is 26.4. The van der Waals surface area contributed by atoms with Crippen molar-refractivity contribution in [3.8, 4) is 0 Å². The Morgan fingerprint density at radius 1 is 1.44 bits per heavy atom. The molecule has 3 rings (SSSR count). The van der Waals surface area contributed by atoms with Gasteiger partial charge in [-0.05, 0) is 19.3 Å². The van der Waals surface area contributed by atoms with E-state index < -0.39 is 0 Å². The molecule has 88 valence electrons. The largest absolute Gasteiger partial charge is 0.349 e. The second kappa shape index (κ2) is 4.55. The van der Waals surface area contributed by atoms with E-state index in [0.717, 1.165) is 24.8 Å². The minimum absolute atomic E-state index is 0.704. The number of nitrogens with zero attached hydrogens (tertiary/aromatic N) is 2. The van der Waals surface area contributed by atoms with Crippen molar-refractivity contribution in [2.75, 3.05) is 19.6 Å². The highest BCUT2D eigenvalue weighted by molar-refractivity contribution is 4.93. The van der Waals surface area contributed by atoms with Crippen LogP contribution in [-0.2, 0) is 6.42 Å². The lowest BCUT2D eigenvalue weighted by atomic mass is 10.2. The molecular formula is C12H20N4. The summed E-state index contributed by atoms with van der Waals surface area (Å²) in [6, 6.07) is 1.63. The molecule has 4 nitrogen and oxygen atoms in total. The molecule has 1 saturated heterocycles. The van der Waals surface area contributed by atoms with Crippen LogP contribution in [0.2, 0.25) is 0 Å². The van der Waals surface area contributed by atoms with Crippen molar-refractivity contribution in [2.45, 2.75) is 37.8 Å². The van der Waals surface area contributed by atoms with Crippen LogP contribution in [-0.4, -0.2) is 46.6 Å². The lowest BCUT2D eigenvalue weighted by Crippen LogP contribution is -2.34. The van der Waals surface area contributed by atoms with Crippen LogP contribution in [0.5, 0.6) is 0 Å². The summed E-state index contributed by atoms with van der Waals surface area (Å²) in [5, 5.41) is 3.63. The summed E-state index contributed by atoms with van der Waals surface area (Å²) in [4.78, 5) is 10.0. The Kier molecular flexibility index (Phi) is 2.93. The molecule has 0 aromatic carbocycles. The summed E-state index contributed by atoms with van der Waals surface area (Å²) >= 11 is 0. The van der Waals surface area contributed by atoms with Gasteiger partial charge in [0.15, 0.2) is 0 Å². The first-order valence-corrected chi connectivity index (χ1v) is 6.37. The zero-order chi connectivity index (χ0) is 10.8. The topological polar surface area (TPSA) is 44.0 Å². The lowest BCUT2D eigenvalue weighted by Gasteiger charge is -2.15. The number of hydrogen-bond donors (Lipinski definition) is 2. The molecule has 0 radical (unpaired) electrons. The Morgan fingerprint density at radius 2 is 2.38 bits per heavy atom. The summed E-state index contributed by atoms with van der Waals surface area (Å²) in [7, 11) is 0. The number of rotatable bonds is 5. The summed E-state index contributed by atoms with van der Waals surface area (Å²) in [6.45, 7) is 3.59. The number of likely N-dealkylation sites (tertiary alicyclic amines) is 1. The van der Waals surface area contributed by atoms with Crippen molar-refractivity contribution in [1.29, 1.82) is 0 Å². The minimum atomic E-state index is 0.704. The van der Waals surface area contributed by atoms with Gasteiger partial charge in [-0.2, -0.15) is 0 Å². The fourth-order valence-corrected chi connectivity index (χ4v) is 2.55. The Labute approximate surface area is 96.4 Å². The molecule has 16 heavy (non-hydrogen) atoms. The third-order valence-electron chi connectivity index (χ3n) is 3.63. The average molecular weight is 220 g/mol. The SMILES string of the molecule is c1c[nH]c(CCNC2CCN(C3CC3)C2)n1. The van der Waals surface area contributed by atoms with Crippen LogP contribution in [0.3, 0.4) is 0 Å². The predicted molar refractivity (Wildman–Crippen MR) is 63.3 cm³/mol. The summed E-state index contributed by atoms with van der Waals surface area (Å²) in [5.74, 6) is 1.09. The first kappa shape index (κ1) is 10.3. The Bertz CT molecular complexity index is 318. The van der Waals surface area contributed by atoms with Crippen molar-refractivity contribution in [1.82, 2.24) is 20.2 Å². The quantitative estimate of drug-likeness (QED) is 0.770. The summed E-state index contributed by atoms with van der Waals surface area (Å²) in [5.41, 5.74) is 0. The number of H-pyrrole nitrogens is 1. The molecule has 2 heterocycles. The van der Waals surface area contributed by atoms with Crippen molar-refractivity contribution >= 4 is 0 Å². The van der Waals surface area contributed by atoms with Crippen LogP contribution in [0, 0.1) is 0 Å². The summed E-state index contributed by atoms with van der Waals surface area (Å²) in [6.07, 6.45) is 8.89. The zero-order valence-corrected chi connectivity index (χ0v) is 9.65. The maximum Gasteiger partial charge on any atom is 0.107 e. The van der Waals surface area contributed by atoms with E-state index in [4.69, 9.17) is 0 Å². The van der Waals surface area contributed by atoms with Gasteiger partial charge in [-0.1, -0.05) is 0 Å². The molecule has 0 amide bonds. The number of hydrogen-bond acceptors (Lipinski definition) is 3. The first-order valence-electron chi connectivity index (χ1n) is 6.37. The monoisotopic (exact) mass is 220 g/mol. The van der Waals surface area contributed by atoms with Gasteiger partial charge in [-0.3, -0.25) is 4.90 Å². The Hall–Kier alpha value is -0.870. The van der Waals surface area contributed by atoms with Gasteiger partial charge in [-0.25, -0.2) is 4.98 Å². The van der Waals surface area contributed by atoms with E-state index in [1.54, 1.807) is 0 Å². The average Bonchev–Trinajstić information content (AvgIpc) is 2.83. The molecule has 2 fully saturated rings. The first-order chi connectivity index (χ1) is 7.92. The van der Waals surface area contributed by atoms with Gasteiger partial charge < -0.3 is 10.3 Å². The van der Waals surface area contributed by atoms with Crippen LogP contribution in [0.15, 0.2) is 12.4 Å². The van der Waals surface area contributed by atoms with E-state index in [-0.39, 0.29) is 0 Å². The predicted octanol–water partition coefficient (Wildman–Crippen LogP) is 0.778. The van der Waals surface area contributed by atoms with Crippen molar-refractivity contribution in [3.63, 3.8) is 0 Å². The third-order valence-corrected chi connectivity index (χ3v) is 3.63. The van der Waals surface area contributed by atoms with Crippen LogP contribution in [0.25, 0.3) is 0 Å². The van der Waals surface area contributed by atoms with Gasteiger partial charge in [-0.15, -0.1) is 0 Å². The molecule has 2 aliphatic rings. The smallest absolute Gasteiger partial charge is 0.107 e. The van der Waals surface area contributed by atoms with E-state index in [1.165, 1.54) is 32.4 Å². The van der Waals surface area contributed by atoms with Crippen LogP contribution < -0.4 is 5.32 Å². The molecule has 1 saturated carbocycles. The van der Waals surface area contributed by atoms with Crippen molar-refractivity contribution < 1.29 is 0 Å². The Balaban J connectivity index is 1.36. The highest BCUT2D eigenvalue weighted by Gasteiger charge is 2.33. The zero-order valence-electron chi connectivity index (χ0n) is 9.65. The number of nitrogens with one attached hydrogen (secondary N) is 2. The molecule has 1 aromatic heterocycles. The summed E-state index contributed by atoms with van der Waals surface area (Å²) < 4.78 is 0. The molecule has 1 aromatic rings. The third kappa shape index (κ3) is 2.44. The second-order valence-corrected chi connectivity index (χ2v) is 4.95. The maximum absolute atomic E-state index is 4.23. The molecule has 0 bridgehead atoms. The van der Waals surface area contributed by atoms with Crippen LogP contribution >= 0.6 is 0 Å².